The van der Waals surface area contributed by atoms with Crippen LogP contribution in [0.25, 0.3) is 15.2 Å². The number of carbonyl (C=O) groups is 1. The minimum atomic E-state index is -0.362. The third kappa shape index (κ3) is 3.83. The van der Waals surface area contributed by atoms with Gasteiger partial charge >= 0.3 is 5.69 Å². The Morgan fingerprint density at radius 1 is 1.20 bits per heavy atom. The molecule has 0 aliphatic carbocycles. The lowest BCUT2D eigenvalue weighted by molar-refractivity contribution is -0.121. The first-order valence-corrected chi connectivity index (χ1v) is 10.9. The van der Waals surface area contributed by atoms with Gasteiger partial charge in [0.2, 0.25) is 5.91 Å². The molecule has 4 aromatic rings. The molecule has 1 N–H and O–H groups in total. The van der Waals surface area contributed by atoms with Gasteiger partial charge in [-0.2, -0.15) is 9.36 Å². The van der Waals surface area contributed by atoms with Crippen LogP contribution in [0.1, 0.15) is 16.9 Å². The van der Waals surface area contributed by atoms with Gasteiger partial charge < -0.3 is 5.32 Å². The predicted molar refractivity (Wildman–Crippen MR) is 114 cm³/mol. The number of aryl methyl sites for hydroxylation is 3. The van der Waals surface area contributed by atoms with Crippen LogP contribution in [0.5, 0.6) is 0 Å². The summed E-state index contributed by atoms with van der Waals surface area (Å²) in [6.07, 6.45) is 1.61. The lowest BCUT2D eigenvalue weighted by atomic mass is 10.2. The molecule has 0 radical (unpaired) electrons. The summed E-state index contributed by atoms with van der Waals surface area (Å²) in [5, 5.41) is 13.6. The zero-order valence-electron chi connectivity index (χ0n) is 16.4. The molecule has 0 unspecified atom stereocenters. The predicted octanol–water partition coefficient (Wildman–Crippen LogP) is 1.09. The van der Waals surface area contributed by atoms with E-state index in [1.165, 1.54) is 42.9 Å². The van der Waals surface area contributed by atoms with E-state index in [4.69, 9.17) is 0 Å². The van der Waals surface area contributed by atoms with Crippen molar-refractivity contribution in [2.75, 3.05) is 6.54 Å². The number of rotatable bonds is 7. The maximum absolute atomic E-state index is 12.7. The molecule has 0 saturated heterocycles. The average Bonchev–Trinajstić information content (AvgIpc) is 3.43. The highest BCUT2D eigenvalue weighted by Gasteiger charge is 2.13. The van der Waals surface area contributed by atoms with Gasteiger partial charge in [-0.05, 0) is 47.4 Å². The van der Waals surface area contributed by atoms with Crippen LogP contribution in [0.15, 0.2) is 33.4 Å². The Labute approximate surface area is 178 Å². The summed E-state index contributed by atoms with van der Waals surface area (Å²) in [6.45, 7) is 4.54. The fraction of sp³-hybridized carbons (Fsp3) is 0.333. The molecule has 0 atom stereocenters. The monoisotopic (exact) mass is 445 g/mol. The van der Waals surface area contributed by atoms with Crippen LogP contribution >= 0.6 is 22.7 Å². The lowest BCUT2D eigenvalue weighted by Gasteiger charge is -2.07. The van der Waals surface area contributed by atoms with Crippen molar-refractivity contribution in [3.05, 3.63) is 55.1 Å². The SMILES string of the molecule is Cc1sc2ncn(CCC(=O)NCCn3nnn(-c4cccs4)c3=O)c(=O)c2c1C. The first kappa shape index (κ1) is 20.2. The Morgan fingerprint density at radius 2 is 2.03 bits per heavy atom. The number of carbonyl (C=O) groups excluding carboxylic acids is 1. The quantitative estimate of drug-likeness (QED) is 0.455. The molecule has 0 aliphatic heterocycles. The van der Waals surface area contributed by atoms with Gasteiger partial charge in [0, 0.05) is 24.4 Å². The summed E-state index contributed by atoms with van der Waals surface area (Å²) in [4.78, 5) is 43.2. The summed E-state index contributed by atoms with van der Waals surface area (Å²) >= 11 is 2.88. The molecule has 0 aliphatic rings. The number of thiophene rings is 2. The Kier molecular flexibility index (Phi) is 5.59. The van der Waals surface area contributed by atoms with Gasteiger partial charge in [0.25, 0.3) is 5.56 Å². The molecule has 0 spiro atoms. The van der Waals surface area contributed by atoms with Crippen molar-refractivity contribution in [3.8, 4) is 5.00 Å². The Balaban J connectivity index is 1.33. The normalized spacial score (nSPS) is 11.3. The van der Waals surface area contributed by atoms with E-state index in [0.717, 1.165) is 15.3 Å². The number of fused-ring (bicyclic) bond motifs is 1. The Morgan fingerprint density at radius 3 is 2.80 bits per heavy atom. The van der Waals surface area contributed by atoms with Gasteiger partial charge in [-0.25, -0.2) is 9.78 Å². The summed E-state index contributed by atoms with van der Waals surface area (Å²) < 4.78 is 3.87. The maximum Gasteiger partial charge on any atom is 0.369 e. The summed E-state index contributed by atoms with van der Waals surface area (Å²) in [5.41, 5.74) is 0.442. The third-order valence-corrected chi connectivity index (χ3v) is 6.69. The second-order valence-electron chi connectivity index (χ2n) is 6.65. The molecule has 12 heteroatoms. The number of nitrogens with zero attached hydrogens (tertiary/aromatic N) is 6. The zero-order chi connectivity index (χ0) is 21.3. The van der Waals surface area contributed by atoms with Crippen molar-refractivity contribution < 1.29 is 4.79 Å². The van der Waals surface area contributed by atoms with Crippen LogP contribution < -0.4 is 16.6 Å². The van der Waals surface area contributed by atoms with E-state index in [1.807, 2.05) is 25.3 Å². The third-order valence-electron chi connectivity index (χ3n) is 4.74. The molecule has 30 heavy (non-hydrogen) atoms. The maximum atomic E-state index is 12.7. The highest BCUT2D eigenvalue weighted by atomic mass is 32.1. The van der Waals surface area contributed by atoms with Crippen molar-refractivity contribution in [1.82, 2.24) is 34.7 Å². The first-order valence-electron chi connectivity index (χ1n) is 9.24. The van der Waals surface area contributed by atoms with E-state index >= 15 is 0 Å². The highest BCUT2D eigenvalue weighted by molar-refractivity contribution is 7.18. The second-order valence-corrected chi connectivity index (χ2v) is 8.78. The first-order chi connectivity index (χ1) is 14.5. The van der Waals surface area contributed by atoms with Gasteiger partial charge in [0.15, 0.2) is 0 Å². The summed E-state index contributed by atoms with van der Waals surface area (Å²) in [5.74, 6) is -0.223. The molecule has 1 amide bonds. The topological polar surface area (TPSA) is 117 Å². The number of amides is 1. The van der Waals surface area contributed by atoms with Crippen molar-refractivity contribution in [2.24, 2.45) is 0 Å². The van der Waals surface area contributed by atoms with Crippen molar-refractivity contribution in [1.29, 1.82) is 0 Å². The van der Waals surface area contributed by atoms with Crippen LogP contribution in [0, 0.1) is 13.8 Å². The fourth-order valence-electron chi connectivity index (χ4n) is 2.98. The number of hydrogen-bond acceptors (Lipinski definition) is 8. The molecule has 0 aromatic carbocycles. The van der Waals surface area contributed by atoms with E-state index in [9.17, 15) is 14.4 Å². The highest BCUT2D eigenvalue weighted by Crippen LogP contribution is 2.25. The summed E-state index contributed by atoms with van der Waals surface area (Å²) in [7, 11) is 0. The van der Waals surface area contributed by atoms with Crippen LogP contribution in [0.2, 0.25) is 0 Å². The van der Waals surface area contributed by atoms with Crippen molar-refractivity contribution in [3.63, 3.8) is 0 Å². The van der Waals surface area contributed by atoms with Crippen LogP contribution in [-0.4, -0.2) is 41.8 Å². The van der Waals surface area contributed by atoms with E-state index in [2.05, 4.69) is 20.7 Å². The molecule has 10 nitrogen and oxygen atoms in total. The molecule has 0 saturated carbocycles. The van der Waals surface area contributed by atoms with E-state index in [-0.39, 0.29) is 43.2 Å². The second kappa shape index (κ2) is 8.32. The Bertz CT molecular complexity index is 1310. The summed E-state index contributed by atoms with van der Waals surface area (Å²) in [6, 6.07) is 3.60. The molecule has 4 aromatic heterocycles. The average molecular weight is 446 g/mol. The molecule has 0 bridgehead atoms. The van der Waals surface area contributed by atoms with E-state index in [1.54, 1.807) is 6.07 Å². The van der Waals surface area contributed by atoms with Gasteiger partial charge in [0.05, 0.1) is 18.3 Å². The van der Waals surface area contributed by atoms with Crippen molar-refractivity contribution >= 4 is 38.8 Å². The molecule has 0 fully saturated rings. The Hall–Kier alpha value is -3.12. The molecule has 4 heterocycles. The number of nitrogens with one attached hydrogen (secondary N) is 1. The zero-order valence-corrected chi connectivity index (χ0v) is 18.0. The van der Waals surface area contributed by atoms with E-state index in [0.29, 0.717) is 10.4 Å². The number of tetrazole rings is 1. The fourth-order valence-corrected chi connectivity index (χ4v) is 4.64. The smallest absolute Gasteiger partial charge is 0.354 e. The molecular formula is C18H19N7O3S2. The van der Waals surface area contributed by atoms with Crippen LogP contribution in [0.4, 0.5) is 0 Å². The van der Waals surface area contributed by atoms with Gasteiger partial charge in [-0.1, -0.05) is 0 Å². The largest absolute Gasteiger partial charge is 0.369 e. The minimum absolute atomic E-state index is 0.131. The lowest BCUT2D eigenvalue weighted by Crippen LogP contribution is -2.33. The molecular weight excluding hydrogens is 426 g/mol. The number of aromatic nitrogens is 6. The van der Waals surface area contributed by atoms with Crippen LogP contribution in [0.3, 0.4) is 0 Å². The molecule has 156 valence electrons. The van der Waals surface area contributed by atoms with Gasteiger partial charge in [-0.3, -0.25) is 14.2 Å². The van der Waals surface area contributed by atoms with Crippen LogP contribution in [-0.2, 0) is 17.9 Å². The van der Waals surface area contributed by atoms with E-state index < -0.39 is 0 Å². The van der Waals surface area contributed by atoms with Crippen molar-refractivity contribution in [2.45, 2.75) is 33.4 Å². The minimum Gasteiger partial charge on any atom is -0.354 e. The molecule has 4 rings (SSSR count). The number of hydrogen-bond donors (Lipinski definition) is 1. The standard InChI is InChI=1S/C18H19N7O3S2/c1-11-12(2)30-16-15(11)17(27)23(10-20-16)7-5-13(26)19-6-8-24-18(28)25(22-21-24)14-4-3-9-29-14/h3-4,9-10H,5-8H2,1-2H3,(H,19,26). The van der Waals surface area contributed by atoms with Gasteiger partial charge in [0.1, 0.15) is 9.83 Å². The van der Waals surface area contributed by atoms with Gasteiger partial charge in [-0.15, -0.1) is 22.7 Å².